The van der Waals surface area contributed by atoms with E-state index in [9.17, 15) is 9.59 Å². The van der Waals surface area contributed by atoms with Crippen molar-refractivity contribution in [1.29, 1.82) is 0 Å². The van der Waals surface area contributed by atoms with Crippen LogP contribution < -0.4 is 15.4 Å². The third-order valence-corrected chi connectivity index (χ3v) is 6.32. The number of nitrogens with zero attached hydrogens (tertiary/aromatic N) is 2. The summed E-state index contributed by atoms with van der Waals surface area (Å²) < 4.78 is 5.77. The first kappa shape index (κ1) is 22.0. The van der Waals surface area contributed by atoms with Crippen molar-refractivity contribution in [2.75, 3.05) is 5.32 Å². The summed E-state index contributed by atoms with van der Waals surface area (Å²) in [6.07, 6.45) is 5.59. The fourth-order valence-corrected chi connectivity index (χ4v) is 4.35. The lowest BCUT2D eigenvalue weighted by Gasteiger charge is -2.22. The zero-order valence-electron chi connectivity index (χ0n) is 18.0. The summed E-state index contributed by atoms with van der Waals surface area (Å²) in [5.74, 6) is 0.297. The van der Waals surface area contributed by atoms with Crippen LogP contribution in [0.4, 0.5) is 5.69 Å². The lowest BCUT2D eigenvalue weighted by molar-refractivity contribution is 0.0926. The molecule has 0 unspecified atom stereocenters. The van der Waals surface area contributed by atoms with Crippen molar-refractivity contribution in [3.8, 4) is 5.75 Å². The zero-order valence-corrected chi connectivity index (χ0v) is 18.8. The van der Waals surface area contributed by atoms with Crippen LogP contribution in [0.15, 0.2) is 48.5 Å². The van der Waals surface area contributed by atoms with Crippen LogP contribution in [0, 0.1) is 6.92 Å². The molecule has 1 saturated carbocycles. The summed E-state index contributed by atoms with van der Waals surface area (Å²) in [7, 11) is 0. The predicted molar refractivity (Wildman–Crippen MR) is 124 cm³/mol. The van der Waals surface area contributed by atoms with Crippen molar-refractivity contribution in [2.45, 2.75) is 51.7 Å². The number of nitrogens with one attached hydrogen (secondary N) is 2. The molecule has 166 valence electrons. The number of ether oxygens (including phenoxy) is 1. The van der Waals surface area contributed by atoms with Gasteiger partial charge in [0.15, 0.2) is 5.01 Å². The second-order valence-corrected chi connectivity index (χ2v) is 8.96. The molecule has 0 saturated heterocycles. The molecule has 1 aromatic heterocycles. The molecule has 0 aliphatic heterocycles. The summed E-state index contributed by atoms with van der Waals surface area (Å²) in [4.78, 5) is 25.2. The standard InChI is InChI=1S/C24H26N4O3S/c1-16-8-5-6-13-20(16)31-15-21-27-28-24(32-21)23(30)26-19-12-7-9-17(14-19)22(29)25-18-10-3-2-4-11-18/h5-9,12-14,18H,2-4,10-11,15H2,1H3,(H,25,29)(H,26,30). The predicted octanol–water partition coefficient (Wildman–Crippen LogP) is 4.74. The van der Waals surface area contributed by atoms with E-state index >= 15 is 0 Å². The SMILES string of the molecule is Cc1ccccc1OCc1nnc(C(=O)Nc2cccc(C(=O)NC3CCCCC3)c2)s1. The molecule has 1 fully saturated rings. The van der Waals surface area contributed by atoms with Crippen LogP contribution in [-0.4, -0.2) is 28.1 Å². The molecule has 8 heteroatoms. The van der Waals surface area contributed by atoms with E-state index in [1.165, 1.54) is 17.8 Å². The van der Waals surface area contributed by atoms with Crippen LogP contribution in [0.25, 0.3) is 0 Å². The van der Waals surface area contributed by atoms with Gasteiger partial charge in [0.05, 0.1) is 0 Å². The van der Waals surface area contributed by atoms with Crippen molar-refractivity contribution in [3.05, 3.63) is 69.7 Å². The van der Waals surface area contributed by atoms with Gasteiger partial charge in [-0.2, -0.15) is 0 Å². The Labute approximate surface area is 191 Å². The number of aryl methyl sites for hydroxylation is 1. The Morgan fingerprint density at radius 3 is 2.66 bits per heavy atom. The number of anilines is 1. The van der Waals surface area contributed by atoms with Gasteiger partial charge in [-0.15, -0.1) is 10.2 Å². The fourth-order valence-electron chi connectivity index (χ4n) is 3.70. The zero-order chi connectivity index (χ0) is 22.3. The lowest BCUT2D eigenvalue weighted by atomic mass is 9.95. The number of hydrogen-bond donors (Lipinski definition) is 2. The fraction of sp³-hybridized carbons (Fsp3) is 0.333. The second-order valence-electron chi connectivity index (χ2n) is 7.90. The maximum absolute atomic E-state index is 12.6. The summed E-state index contributed by atoms with van der Waals surface area (Å²) in [5.41, 5.74) is 2.10. The third-order valence-electron chi connectivity index (χ3n) is 5.43. The lowest BCUT2D eigenvalue weighted by Crippen LogP contribution is -2.36. The minimum absolute atomic E-state index is 0.112. The normalized spacial score (nSPS) is 14.0. The van der Waals surface area contributed by atoms with E-state index in [1.54, 1.807) is 24.3 Å². The van der Waals surface area contributed by atoms with E-state index in [0.717, 1.165) is 37.0 Å². The third kappa shape index (κ3) is 5.70. The van der Waals surface area contributed by atoms with Crippen molar-refractivity contribution < 1.29 is 14.3 Å². The van der Waals surface area contributed by atoms with Crippen LogP contribution in [0.2, 0.25) is 0 Å². The van der Waals surface area contributed by atoms with E-state index in [-0.39, 0.29) is 29.5 Å². The van der Waals surface area contributed by atoms with Crippen molar-refractivity contribution in [2.24, 2.45) is 0 Å². The molecule has 0 bridgehead atoms. The Morgan fingerprint density at radius 1 is 1.03 bits per heavy atom. The molecule has 3 aromatic rings. The largest absolute Gasteiger partial charge is 0.486 e. The van der Waals surface area contributed by atoms with Gasteiger partial charge in [-0.1, -0.05) is 54.9 Å². The molecule has 0 spiro atoms. The number of carbonyl (C=O) groups is 2. The maximum Gasteiger partial charge on any atom is 0.286 e. The van der Waals surface area contributed by atoms with E-state index in [2.05, 4.69) is 20.8 Å². The van der Waals surface area contributed by atoms with Crippen LogP contribution >= 0.6 is 11.3 Å². The molecule has 4 rings (SSSR count). The van der Waals surface area contributed by atoms with Gasteiger partial charge in [0.2, 0.25) is 5.01 Å². The van der Waals surface area contributed by atoms with Gasteiger partial charge in [0, 0.05) is 17.3 Å². The van der Waals surface area contributed by atoms with E-state index < -0.39 is 0 Å². The molecule has 1 heterocycles. The van der Waals surface area contributed by atoms with Crippen LogP contribution in [-0.2, 0) is 6.61 Å². The smallest absolute Gasteiger partial charge is 0.286 e. The van der Waals surface area contributed by atoms with Gasteiger partial charge in [0.25, 0.3) is 11.8 Å². The molecule has 1 aliphatic rings. The second kappa shape index (κ2) is 10.4. The highest BCUT2D eigenvalue weighted by molar-refractivity contribution is 7.13. The van der Waals surface area contributed by atoms with Crippen molar-refractivity contribution in [1.82, 2.24) is 15.5 Å². The summed E-state index contributed by atoms with van der Waals surface area (Å²) >= 11 is 1.18. The molecule has 2 aromatic carbocycles. The first-order valence-electron chi connectivity index (χ1n) is 10.8. The minimum atomic E-state index is -0.366. The number of para-hydroxylation sites is 1. The van der Waals surface area contributed by atoms with Crippen LogP contribution in [0.1, 0.15) is 62.8 Å². The molecular formula is C24H26N4O3S. The molecule has 2 N–H and O–H groups in total. The highest BCUT2D eigenvalue weighted by Crippen LogP contribution is 2.21. The van der Waals surface area contributed by atoms with Gasteiger partial charge < -0.3 is 15.4 Å². The van der Waals surface area contributed by atoms with E-state index in [1.807, 2.05) is 31.2 Å². The number of rotatable bonds is 7. The minimum Gasteiger partial charge on any atom is -0.486 e. The Kier molecular flexibility index (Phi) is 7.11. The summed E-state index contributed by atoms with van der Waals surface area (Å²) in [6, 6.07) is 14.9. The van der Waals surface area contributed by atoms with Crippen LogP contribution in [0.3, 0.4) is 0 Å². The summed E-state index contributed by atoms with van der Waals surface area (Å²) in [5, 5.41) is 14.8. The highest BCUT2D eigenvalue weighted by atomic mass is 32.1. The molecule has 32 heavy (non-hydrogen) atoms. The summed E-state index contributed by atoms with van der Waals surface area (Å²) in [6.45, 7) is 2.21. The van der Waals surface area contributed by atoms with Gasteiger partial charge in [-0.3, -0.25) is 9.59 Å². The molecule has 1 aliphatic carbocycles. The first-order chi connectivity index (χ1) is 15.6. The number of benzene rings is 2. The average molecular weight is 451 g/mol. The Hall–Kier alpha value is -3.26. The molecule has 0 atom stereocenters. The number of hydrogen-bond acceptors (Lipinski definition) is 6. The number of amides is 2. The van der Waals surface area contributed by atoms with Gasteiger partial charge in [-0.25, -0.2) is 0 Å². The van der Waals surface area contributed by atoms with Gasteiger partial charge in [-0.05, 0) is 49.6 Å². The Bertz CT molecular complexity index is 1090. The quantitative estimate of drug-likeness (QED) is 0.542. The maximum atomic E-state index is 12.6. The number of aromatic nitrogens is 2. The van der Waals surface area contributed by atoms with Gasteiger partial charge >= 0.3 is 0 Å². The monoisotopic (exact) mass is 450 g/mol. The van der Waals surface area contributed by atoms with Crippen LogP contribution in [0.5, 0.6) is 5.75 Å². The van der Waals surface area contributed by atoms with E-state index in [4.69, 9.17) is 4.74 Å². The molecule has 0 radical (unpaired) electrons. The van der Waals surface area contributed by atoms with Gasteiger partial charge in [0.1, 0.15) is 12.4 Å². The average Bonchev–Trinajstić information content (AvgIpc) is 3.29. The molecule has 7 nitrogen and oxygen atoms in total. The van der Waals surface area contributed by atoms with E-state index in [0.29, 0.717) is 16.3 Å². The first-order valence-corrected chi connectivity index (χ1v) is 11.6. The Balaban J connectivity index is 1.34. The molecular weight excluding hydrogens is 424 g/mol. The molecule has 2 amide bonds. The highest BCUT2D eigenvalue weighted by Gasteiger charge is 2.18. The number of carbonyl (C=O) groups excluding carboxylic acids is 2. The van der Waals surface area contributed by atoms with Crippen molar-refractivity contribution in [3.63, 3.8) is 0 Å². The topological polar surface area (TPSA) is 93.2 Å². The van der Waals surface area contributed by atoms with Crippen molar-refractivity contribution >= 4 is 28.8 Å². The Morgan fingerprint density at radius 2 is 1.84 bits per heavy atom.